The lowest BCUT2D eigenvalue weighted by Gasteiger charge is -2.27. The second-order valence-corrected chi connectivity index (χ2v) is 7.01. The van der Waals surface area contributed by atoms with Gasteiger partial charge in [-0.25, -0.2) is 4.98 Å². The normalized spacial score (nSPS) is 16.1. The zero-order valence-corrected chi connectivity index (χ0v) is 15.5. The highest BCUT2D eigenvalue weighted by atomic mass is 35.5. The van der Waals surface area contributed by atoms with Crippen LogP contribution in [-0.4, -0.2) is 34.3 Å². The van der Waals surface area contributed by atoms with E-state index in [9.17, 15) is 9.90 Å². The van der Waals surface area contributed by atoms with Crippen LogP contribution >= 0.6 is 11.6 Å². The van der Waals surface area contributed by atoms with Crippen LogP contribution < -0.4 is 10.2 Å². The second-order valence-electron chi connectivity index (χ2n) is 6.60. The number of benzene rings is 1. The number of nitrogens with one attached hydrogen (secondary N) is 1. The Morgan fingerprint density at radius 2 is 2.08 bits per heavy atom. The fraction of sp³-hybridized carbons (Fsp3) is 0.421. The highest BCUT2D eigenvalue weighted by Crippen LogP contribution is 2.28. The Morgan fingerprint density at radius 1 is 1.31 bits per heavy atom. The molecule has 1 unspecified atom stereocenters. The molecule has 1 fully saturated rings. The van der Waals surface area contributed by atoms with E-state index in [1.54, 1.807) is 30.7 Å². The molecular weight excluding hydrogens is 352 g/mol. The summed E-state index contributed by atoms with van der Waals surface area (Å²) < 4.78 is 0. The molecule has 3 rings (SSSR count). The molecule has 6 nitrogen and oxygen atoms in total. The number of carbonyl (C=O) groups is 1. The van der Waals surface area contributed by atoms with Gasteiger partial charge in [0.05, 0.1) is 16.8 Å². The minimum Gasteiger partial charge on any atom is -0.373 e. The van der Waals surface area contributed by atoms with Gasteiger partial charge in [-0.05, 0) is 31.0 Å². The fourth-order valence-corrected chi connectivity index (χ4v) is 3.48. The van der Waals surface area contributed by atoms with E-state index in [4.69, 9.17) is 11.6 Å². The largest absolute Gasteiger partial charge is 0.373 e. The van der Waals surface area contributed by atoms with E-state index in [1.807, 2.05) is 18.0 Å². The average Bonchev–Trinajstić information content (AvgIpc) is 2.69. The summed E-state index contributed by atoms with van der Waals surface area (Å²) >= 11 is 6.22. The lowest BCUT2D eigenvalue weighted by Crippen LogP contribution is -2.41. The van der Waals surface area contributed by atoms with Crippen LogP contribution in [0.3, 0.4) is 0 Å². The highest BCUT2D eigenvalue weighted by molar-refractivity contribution is 6.34. The zero-order chi connectivity index (χ0) is 18.5. The van der Waals surface area contributed by atoms with Gasteiger partial charge in [0.15, 0.2) is 5.82 Å². The summed E-state index contributed by atoms with van der Waals surface area (Å²) in [6.45, 7) is 0. The van der Waals surface area contributed by atoms with Crippen molar-refractivity contribution in [3.63, 3.8) is 0 Å². The molecule has 2 aromatic rings. The molecule has 1 heterocycles. The Kier molecular flexibility index (Phi) is 6.06. The van der Waals surface area contributed by atoms with Crippen molar-refractivity contribution in [3.8, 4) is 0 Å². The molecule has 1 aromatic carbocycles. The van der Waals surface area contributed by atoms with E-state index >= 15 is 0 Å². The number of aromatic nitrogens is 2. The molecule has 1 aliphatic rings. The monoisotopic (exact) mass is 374 g/mol. The summed E-state index contributed by atoms with van der Waals surface area (Å²) in [7, 11) is 1.84. The number of hydrogen-bond acceptors (Lipinski definition) is 5. The van der Waals surface area contributed by atoms with Crippen LogP contribution in [0.5, 0.6) is 0 Å². The molecule has 2 N–H and O–H groups in total. The van der Waals surface area contributed by atoms with Crippen LogP contribution in [0.25, 0.3) is 0 Å². The molecule has 1 aromatic heterocycles. The van der Waals surface area contributed by atoms with E-state index in [2.05, 4.69) is 15.3 Å². The van der Waals surface area contributed by atoms with Gasteiger partial charge in [0.1, 0.15) is 6.23 Å². The summed E-state index contributed by atoms with van der Waals surface area (Å²) in [5.74, 6) is 0.391. The third kappa shape index (κ3) is 4.31. The van der Waals surface area contributed by atoms with Crippen molar-refractivity contribution >= 4 is 29.0 Å². The van der Waals surface area contributed by atoms with Crippen molar-refractivity contribution in [1.29, 1.82) is 0 Å². The first-order valence-electron chi connectivity index (χ1n) is 8.84. The molecule has 0 bridgehead atoms. The van der Waals surface area contributed by atoms with Gasteiger partial charge in [0.2, 0.25) is 0 Å². The van der Waals surface area contributed by atoms with E-state index < -0.39 is 6.23 Å². The molecule has 138 valence electrons. The van der Waals surface area contributed by atoms with E-state index in [-0.39, 0.29) is 11.8 Å². The maximum atomic E-state index is 12.6. The maximum Gasteiger partial charge on any atom is 0.254 e. The number of hydrogen-bond donors (Lipinski definition) is 2. The van der Waals surface area contributed by atoms with Gasteiger partial charge < -0.3 is 15.3 Å². The van der Waals surface area contributed by atoms with Crippen molar-refractivity contribution in [2.75, 3.05) is 11.9 Å². The predicted octanol–water partition coefficient (Wildman–Crippen LogP) is 3.53. The topological polar surface area (TPSA) is 78.4 Å². The molecule has 26 heavy (non-hydrogen) atoms. The number of nitrogens with zero attached hydrogens (tertiary/aromatic N) is 3. The Balaban J connectivity index is 1.75. The number of carbonyl (C=O) groups excluding carboxylic acids is 1. The Hall–Kier alpha value is -2.18. The molecule has 7 heteroatoms. The summed E-state index contributed by atoms with van der Waals surface area (Å²) in [6.07, 6.45) is 9.25. The first-order valence-corrected chi connectivity index (χ1v) is 9.22. The van der Waals surface area contributed by atoms with Crippen LogP contribution in [0.4, 0.5) is 11.5 Å². The van der Waals surface area contributed by atoms with Crippen molar-refractivity contribution < 1.29 is 9.90 Å². The summed E-state index contributed by atoms with van der Waals surface area (Å²) in [4.78, 5) is 22.8. The van der Waals surface area contributed by atoms with Gasteiger partial charge in [-0.3, -0.25) is 9.78 Å². The first-order chi connectivity index (χ1) is 12.6. The molecule has 0 spiro atoms. The standard InChI is InChI=1S/C19H23ClN4O2/c1-24(17-12-21-9-10-22-17)14-7-8-16(20)15(11-14)19(26)23-18(25)13-5-3-2-4-6-13/h7-13,18,25H,2-6H2,1H3,(H,23,26). The predicted molar refractivity (Wildman–Crippen MR) is 102 cm³/mol. The van der Waals surface area contributed by atoms with Gasteiger partial charge in [0.25, 0.3) is 5.91 Å². The van der Waals surface area contributed by atoms with Crippen molar-refractivity contribution in [2.45, 2.75) is 38.3 Å². The number of rotatable bonds is 5. The molecule has 0 radical (unpaired) electrons. The van der Waals surface area contributed by atoms with Crippen LogP contribution in [0.15, 0.2) is 36.8 Å². The molecule has 1 saturated carbocycles. The van der Waals surface area contributed by atoms with Crippen LogP contribution in [0.1, 0.15) is 42.5 Å². The third-order valence-corrected chi connectivity index (χ3v) is 5.18. The summed E-state index contributed by atoms with van der Waals surface area (Å²) in [5, 5.41) is 13.4. The SMILES string of the molecule is CN(c1ccc(Cl)c(C(=O)NC(O)C2CCCCC2)c1)c1cnccn1. The van der Waals surface area contributed by atoms with E-state index in [1.165, 1.54) is 6.42 Å². The Labute approximate surface area is 158 Å². The second kappa shape index (κ2) is 8.47. The van der Waals surface area contributed by atoms with Gasteiger partial charge >= 0.3 is 0 Å². The molecule has 1 aliphatic carbocycles. The summed E-state index contributed by atoms with van der Waals surface area (Å²) in [5.41, 5.74) is 1.09. The quantitative estimate of drug-likeness (QED) is 0.783. The van der Waals surface area contributed by atoms with Crippen LogP contribution in [-0.2, 0) is 0 Å². The Bertz CT molecular complexity index is 750. The maximum absolute atomic E-state index is 12.6. The van der Waals surface area contributed by atoms with Crippen LogP contribution in [0.2, 0.25) is 5.02 Å². The van der Waals surface area contributed by atoms with Crippen molar-refractivity contribution in [1.82, 2.24) is 15.3 Å². The fourth-order valence-electron chi connectivity index (χ4n) is 3.27. The highest BCUT2D eigenvalue weighted by Gasteiger charge is 2.24. The minimum atomic E-state index is -0.847. The van der Waals surface area contributed by atoms with Crippen molar-refractivity contribution in [3.05, 3.63) is 47.4 Å². The number of anilines is 2. The first kappa shape index (κ1) is 18.6. The third-order valence-electron chi connectivity index (χ3n) is 4.85. The molecular formula is C19H23ClN4O2. The van der Waals surface area contributed by atoms with Crippen molar-refractivity contribution in [2.24, 2.45) is 5.92 Å². The van der Waals surface area contributed by atoms with Crippen LogP contribution in [0, 0.1) is 5.92 Å². The molecule has 0 saturated heterocycles. The number of aliphatic hydroxyl groups excluding tert-OH is 1. The number of halogens is 1. The van der Waals surface area contributed by atoms with Gasteiger partial charge in [0, 0.05) is 31.0 Å². The number of amides is 1. The average molecular weight is 375 g/mol. The molecule has 0 aliphatic heterocycles. The van der Waals surface area contributed by atoms with Gasteiger partial charge in [-0.1, -0.05) is 30.9 Å². The Morgan fingerprint density at radius 3 is 2.77 bits per heavy atom. The van der Waals surface area contributed by atoms with E-state index in [0.29, 0.717) is 16.4 Å². The smallest absolute Gasteiger partial charge is 0.254 e. The minimum absolute atomic E-state index is 0.108. The lowest BCUT2D eigenvalue weighted by molar-refractivity contribution is 0.0463. The molecule has 1 amide bonds. The number of aliphatic hydroxyl groups is 1. The van der Waals surface area contributed by atoms with Gasteiger partial charge in [-0.2, -0.15) is 0 Å². The molecule has 1 atom stereocenters. The lowest BCUT2D eigenvalue weighted by atomic mass is 9.88. The zero-order valence-electron chi connectivity index (χ0n) is 14.7. The summed E-state index contributed by atoms with van der Waals surface area (Å²) in [6, 6.07) is 5.18. The van der Waals surface area contributed by atoms with E-state index in [0.717, 1.165) is 31.4 Å². The van der Waals surface area contributed by atoms with Gasteiger partial charge in [-0.15, -0.1) is 0 Å².